The van der Waals surface area contributed by atoms with Gasteiger partial charge in [0.15, 0.2) is 34.8 Å². The molecule has 12 heteroatoms. The molecule has 0 amide bonds. The average Bonchev–Trinajstić information content (AvgIpc) is 2.86. The van der Waals surface area contributed by atoms with Crippen molar-refractivity contribution in [3.05, 3.63) is 59.7 Å². The second-order valence-corrected chi connectivity index (χ2v) is 9.02. The fourth-order valence-corrected chi connectivity index (χ4v) is 3.68. The zero-order chi connectivity index (χ0) is 28.7. The molecule has 0 aliphatic heterocycles. The molecule has 2 aromatic rings. The first-order chi connectivity index (χ1) is 18.4. The summed E-state index contributed by atoms with van der Waals surface area (Å²) in [4.78, 5) is 55.1. The van der Waals surface area contributed by atoms with Gasteiger partial charge in [-0.25, -0.2) is 4.79 Å². The van der Waals surface area contributed by atoms with Gasteiger partial charge in [-0.3, -0.25) is 9.59 Å². The second-order valence-electron chi connectivity index (χ2n) is 9.02. The number of ketones is 2. The Balaban J connectivity index is 1.81. The number of benzene rings is 2. The normalized spacial score (nSPS) is 23.1. The Labute approximate surface area is 222 Å². The van der Waals surface area contributed by atoms with Crippen LogP contribution >= 0.6 is 0 Å². The van der Waals surface area contributed by atoms with Gasteiger partial charge < -0.3 is 35.3 Å². The smallest absolute Gasteiger partial charge is 0.335 e. The maximum absolute atomic E-state index is 11.7. The third kappa shape index (κ3) is 7.88. The number of hydrogen-bond donors (Lipinski definition) is 5. The highest BCUT2D eigenvalue weighted by atomic mass is 17.2. The van der Waals surface area contributed by atoms with Gasteiger partial charge >= 0.3 is 5.97 Å². The molecule has 1 saturated carbocycles. The zero-order valence-corrected chi connectivity index (χ0v) is 21.0. The maximum atomic E-state index is 11.7. The Morgan fingerprint density at radius 2 is 1.33 bits per heavy atom. The van der Waals surface area contributed by atoms with Crippen molar-refractivity contribution in [3.63, 3.8) is 0 Å². The van der Waals surface area contributed by atoms with Crippen LogP contribution in [0.3, 0.4) is 0 Å². The van der Waals surface area contributed by atoms with Gasteiger partial charge in [0.1, 0.15) is 6.10 Å². The zero-order valence-electron chi connectivity index (χ0n) is 21.0. The minimum atomic E-state index is -2.40. The van der Waals surface area contributed by atoms with Gasteiger partial charge in [0.25, 0.3) is 0 Å². The van der Waals surface area contributed by atoms with E-state index in [9.17, 15) is 39.9 Å². The predicted molar refractivity (Wildman–Crippen MR) is 134 cm³/mol. The molecule has 1 aliphatic rings. The van der Waals surface area contributed by atoms with E-state index in [1.54, 1.807) is 0 Å². The van der Waals surface area contributed by atoms with E-state index >= 15 is 0 Å². The Hall–Kier alpha value is -4.23. The van der Waals surface area contributed by atoms with Crippen molar-refractivity contribution in [1.29, 1.82) is 0 Å². The number of allylic oxidation sites excluding steroid dienone is 2. The fourth-order valence-electron chi connectivity index (χ4n) is 3.68. The Morgan fingerprint density at radius 3 is 1.79 bits per heavy atom. The molecule has 208 valence electrons. The van der Waals surface area contributed by atoms with Crippen LogP contribution in [0.4, 0.5) is 0 Å². The molecule has 1 aliphatic carbocycles. The lowest BCUT2D eigenvalue weighted by Crippen LogP contribution is -2.58. The summed E-state index contributed by atoms with van der Waals surface area (Å²) in [5, 5.41) is 50.9. The van der Waals surface area contributed by atoms with Crippen molar-refractivity contribution in [2.24, 2.45) is 0 Å². The lowest BCUT2D eigenvalue weighted by atomic mass is 9.80. The molecule has 4 atom stereocenters. The number of aliphatic hydroxyl groups is 2. The van der Waals surface area contributed by atoms with Crippen LogP contribution in [0.1, 0.15) is 37.8 Å². The number of aliphatic carboxylic acids is 1. The predicted octanol–water partition coefficient (Wildman–Crippen LogP) is 2.33. The molecule has 3 rings (SSSR count). The van der Waals surface area contributed by atoms with Crippen LogP contribution in [0.15, 0.2) is 48.6 Å². The number of rotatable bonds is 11. The number of phenols is 2. The molecule has 0 spiro atoms. The van der Waals surface area contributed by atoms with E-state index in [1.165, 1.54) is 74.5 Å². The Bertz CT molecular complexity index is 1280. The lowest BCUT2D eigenvalue weighted by Gasteiger charge is -2.39. The quantitative estimate of drug-likeness (QED) is 0.158. The number of aliphatic hydroxyl groups excluding tert-OH is 1. The molecular weight excluding hydrogens is 516 g/mol. The molecule has 12 nitrogen and oxygen atoms in total. The molecule has 5 N–H and O–H groups in total. The average molecular weight is 545 g/mol. The van der Waals surface area contributed by atoms with Crippen LogP contribution in [0.2, 0.25) is 0 Å². The van der Waals surface area contributed by atoms with E-state index in [-0.39, 0.29) is 34.6 Å². The Kier molecular flexibility index (Phi) is 9.43. The standard InChI is InChI=1S/C27H28O12/c1-15(28)3-5-17-7-9-19(30)22(11-17)36-38-24-14-27(35,26(33)34)13-21(32)25(24)39-37-23-12-18(6-4-16(2)29)8-10-20(23)31/h3-12,21,24-25,30-32,35H,13-14H2,1-2H3,(H,33,34)/t21-,24+,25+,27-/m0/s1. The number of phenolic OH excluding ortho intramolecular Hbond substituents is 2. The van der Waals surface area contributed by atoms with Crippen molar-refractivity contribution in [1.82, 2.24) is 0 Å². The lowest BCUT2D eigenvalue weighted by molar-refractivity contribution is -0.355. The SMILES string of the molecule is CC(=O)C=Cc1ccc(O)c(OO[C@@H]2[C@@H](O)C[C@@](O)(C(=O)O)C[C@H]2OOc2cc(C=CC(C)=O)ccc2O)c1. The highest BCUT2D eigenvalue weighted by Gasteiger charge is 2.52. The third-order valence-corrected chi connectivity index (χ3v) is 5.73. The van der Waals surface area contributed by atoms with Crippen molar-refractivity contribution in [2.45, 2.75) is 50.6 Å². The van der Waals surface area contributed by atoms with E-state index in [1.807, 2.05) is 0 Å². The van der Waals surface area contributed by atoms with Gasteiger partial charge in [0.2, 0.25) is 11.5 Å². The van der Waals surface area contributed by atoms with E-state index in [2.05, 4.69) is 0 Å². The summed E-state index contributed by atoms with van der Waals surface area (Å²) in [5.41, 5.74) is -1.45. The Morgan fingerprint density at radius 1 is 0.846 bits per heavy atom. The number of aromatic hydroxyl groups is 2. The van der Waals surface area contributed by atoms with Crippen LogP contribution in [-0.2, 0) is 24.2 Å². The summed E-state index contributed by atoms with van der Waals surface area (Å²) < 4.78 is 0. The van der Waals surface area contributed by atoms with Crippen molar-refractivity contribution in [3.8, 4) is 23.0 Å². The second kappa shape index (κ2) is 12.5. The fraction of sp³-hybridized carbons (Fsp3) is 0.296. The summed E-state index contributed by atoms with van der Waals surface area (Å²) in [7, 11) is 0. The first-order valence-electron chi connectivity index (χ1n) is 11.7. The first-order valence-corrected chi connectivity index (χ1v) is 11.7. The summed E-state index contributed by atoms with van der Waals surface area (Å²) in [6.07, 6.45) is -0.214. The van der Waals surface area contributed by atoms with Crippen LogP contribution < -0.4 is 9.78 Å². The number of carboxylic acid groups (broad SMARTS) is 1. The molecular formula is C27H28O12. The van der Waals surface area contributed by atoms with Gasteiger partial charge in [0, 0.05) is 12.8 Å². The summed E-state index contributed by atoms with van der Waals surface area (Å²) >= 11 is 0. The molecule has 0 bridgehead atoms. The van der Waals surface area contributed by atoms with Crippen LogP contribution in [-0.4, -0.2) is 67.0 Å². The molecule has 1 fully saturated rings. The summed E-state index contributed by atoms with van der Waals surface area (Å²) in [5.74, 6) is -3.11. The molecule has 0 heterocycles. The van der Waals surface area contributed by atoms with E-state index in [0.29, 0.717) is 11.1 Å². The number of hydrogen-bond acceptors (Lipinski definition) is 11. The molecule has 0 unspecified atom stereocenters. The monoisotopic (exact) mass is 544 g/mol. The highest BCUT2D eigenvalue weighted by Crippen LogP contribution is 2.36. The summed E-state index contributed by atoms with van der Waals surface area (Å²) in [6.45, 7) is 2.72. The molecule has 0 aromatic heterocycles. The topological polar surface area (TPSA) is 189 Å². The van der Waals surface area contributed by atoms with Gasteiger partial charge in [-0.1, -0.05) is 24.3 Å². The first kappa shape index (κ1) is 29.3. The van der Waals surface area contributed by atoms with Gasteiger partial charge in [-0.2, -0.15) is 9.78 Å². The van der Waals surface area contributed by atoms with Crippen molar-refractivity contribution in [2.75, 3.05) is 0 Å². The van der Waals surface area contributed by atoms with Crippen LogP contribution in [0, 0.1) is 0 Å². The molecule has 2 aromatic carbocycles. The van der Waals surface area contributed by atoms with E-state index < -0.39 is 42.7 Å². The highest BCUT2D eigenvalue weighted by molar-refractivity contribution is 5.92. The minimum Gasteiger partial charge on any atom is -0.504 e. The number of carbonyl (C=O) groups excluding carboxylic acids is 2. The van der Waals surface area contributed by atoms with Gasteiger partial charge in [-0.05, 0) is 61.4 Å². The van der Waals surface area contributed by atoms with Gasteiger partial charge in [-0.15, -0.1) is 0 Å². The molecule has 0 saturated heterocycles. The number of carbonyl (C=O) groups is 3. The minimum absolute atomic E-state index is 0.186. The maximum Gasteiger partial charge on any atom is 0.335 e. The van der Waals surface area contributed by atoms with Gasteiger partial charge in [0.05, 0.1) is 6.10 Å². The van der Waals surface area contributed by atoms with Crippen molar-refractivity contribution >= 4 is 29.7 Å². The van der Waals surface area contributed by atoms with E-state index in [0.717, 1.165) is 0 Å². The van der Waals surface area contributed by atoms with Crippen LogP contribution in [0.5, 0.6) is 23.0 Å². The molecule has 0 radical (unpaired) electrons. The van der Waals surface area contributed by atoms with E-state index in [4.69, 9.17) is 19.6 Å². The van der Waals surface area contributed by atoms with Crippen LogP contribution in [0.25, 0.3) is 12.2 Å². The third-order valence-electron chi connectivity index (χ3n) is 5.73. The van der Waals surface area contributed by atoms with Crippen molar-refractivity contribution < 1.29 is 59.5 Å². The number of carboxylic acids is 1. The molecule has 39 heavy (non-hydrogen) atoms. The largest absolute Gasteiger partial charge is 0.504 e. The summed E-state index contributed by atoms with van der Waals surface area (Å²) in [6, 6.07) is 8.25.